The minimum atomic E-state index is -0.271. The quantitative estimate of drug-likeness (QED) is 0.774. The summed E-state index contributed by atoms with van der Waals surface area (Å²) in [6, 6.07) is 9.96. The van der Waals surface area contributed by atoms with Gasteiger partial charge in [-0.1, -0.05) is 12.1 Å². The maximum Gasteiger partial charge on any atom is 0.227 e. The van der Waals surface area contributed by atoms with Gasteiger partial charge in [0.15, 0.2) is 11.5 Å². The number of likely N-dealkylation sites (tertiary alicyclic amines) is 1. The standard InChI is InChI=1S/C21H24FNO4/c1-25-18-11-14(12-19(26-2)21(18)27-3)13-20(24)23-10-4-5-17(23)15-6-8-16(22)9-7-15/h6-9,11-12,17H,4-5,10,13H2,1-3H3/t17-/m0/s1. The molecule has 27 heavy (non-hydrogen) atoms. The van der Waals surface area contributed by atoms with Crippen LogP contribution in [0.25, 0.3) is 0 Å². The lowest BCUT2D eigenvalue weighted by atomic mass is 10.0. The molecule has 0 radical (unpaired) electrons. The fraction of sp³-hybridized carbons (Fsp3) is 0.381. The van der Waals surface area contributed by atoms with Crippen molar-refractivity contribution in [1.29, 1.82) is 0 Å². The van der Waals surface area contributed by atoms with Gasteiger partial charge in [0.05, 0.1) is 33.8 Å². The fourth-order valence-corrected chi connectivity index (χ4v) is 3.61. The molecule has 0 aromatic heterocycles. The Bertz CT molecular complexity index is 781. The van der Waals surface area contributed by atoms with Crippen molar-refractivity contribution in [3.8, 4) is 17.2 Å². The predicted octanol–water partition coefficient (Wildman–Crippen LogP) is 3.76. The van der Waals surface area contributed by atoms with Crippen molar-refractivity contribution < 1.29 is 23.4 Å². The lowest BCUT2D eigenvalue weighted by molar-refractivity contribution is -0.131. The van der Waals surface area contributed by atoms with Gasteiger partial charge in [-0.25, -0.2) is 4.39 Å². The molecule has 1 fully saturated rings. The van der Waals surface area contributed by atoms with Crippen LogP contribution < -0.4 is 14.2 Å². The first kappa shape index (κ1) is 19.0. The fourth-order valence-electron chi connectivity index (χ4n) is 3.61. The van der Waals surface area contributed by atoms with Gasteiger partial charge in [-0.05, 0) is 48.2 Å². The average Bonchev–Trinajstić information content (AvgIpc) is 3.17. The van der Waals surface area contributed by atoms with Crippen LogP contribution in [0.15, 0.2) is 36.4 Å². The van der Waals surface area contributed by atoms with E-state index in [0.29, 0.717) is 23.8 Å². The van der Waals surface area contributed by atoms with E-state index in [-0.39, 0.29) is 24.2 Å². The lowest BCUT2D eigenvalue weighted by Crippen LogP contribution is -2.31. The van der Waals surface area contributed by atoms with Crippen molar-refractivity contribution in [2.75, 3.05) is 27.9 Å². The topological polar surface area (TPSA) is 48.0 Å². The van der Waals surface area contributed by atoms with E-state index in [1.807, 2.05) is 4.90 Å². The molecule has 0 saturated carbocycles. The first-order valence-electron chi connectivity index (χ1n) is 8.91. The summed E-state index contributed by atoms with van der Waals surface area (Å²) in [5, 5.41) is 0. The first-order chi connectivity index (χ1) is 13.1. The van der Waals surface area contributed by atoms with Crippen molar-refractivity contribution in [1.82, 2.24) is 4.90 Å². The van der Waals surface area contributed by atoms with Crippen LogP contribution in [0, 0.1) is 5.82 Å². The van der Waals surface area contributed by atoms with Crippen molar-refractivity contribution in [2.24, 2.45) is 0 Å². The highest BCUT2D eigenvalue weighted by Crippen LogP contribution is 2.39. The third-order valence-corrected chi connectivity index (χ3v) is 4.91. The summed E-state index contributed by atoms with van der Waals surface area (Å²) in [7, 11) is 4.64. The van der Waals surface area contributed by atoms with E-state index in [9.17, 15) is 9.18 Å². The molecular formula is C21H24FNO4. The van der Waals surface area contributed by atoms with E-state index in [1.165, 1.54) is 12.1 Å². The van der Waals surface area contributed by atoms with E-state index in [0.717, 1.165) is 24.0 Å². The number of benzene rings is 2. The summed E-state index contributed by atoms with van der Waals surface area (Å²) in [6.45, 7) is 0.700. The Balaban J connectivity index is 1.81. The van der Waals surface area contributed by atoms with Gasteiger partial charge in [0.2, 0.25) is 11.7 Å². The zero-order chi connectivity index (χ0) is 19.4. The number of nitrogens with zero attached hydrogens (tertiary/aromatic N) is 1. The number of hydrogen-bond acceptors (Lipinski definition) is 4. The molecule has 2 aromatic carbocycles. The molecule has 1 amide bonds. The van der Waals surface area contributed by atoms with Gasteiger partial charge in [-0.15, -0.1) is 0 Å². The van der Waals surface area contributed by atoms with Crippen LogP contribution in [0.3, 0.4) is 0 Å². The van der Waals surface area contributed by atoms with Gasteiger partial charge in [-0.3, -0.25) is 4.79 Å². The van der Waals surface area contributed by atoms with Crippen molar-refractivity contribution in [2.45, 2.75) is 25.3 Å². The predicted molar refractivity (Wildman–Crippen MR) is 99.9 cm³/mol. The van der Waals surface area contributed by atoms with E-state index < -0.39 is 0 Å². The molecule has 6 heteroatoms. The van der Waals surface area contributed by atoms with Gasteiger partial charge >= 0.3 is 0 Å². The summed E-state index contributed by atoms with van der Waals surface area (Å²) in [6.07, 6.45) is 2.05. The van der Waals surface area contributed by atoms with Gasteiger partial charge in [0.25, 0.3) is 0 Å². The maximum atomic E-state index is 13.2. The molecular weight excluding hydrogens is 349 g/mol. The highest BCUT2D eigenvalue weighted by atomic mass is 19.1. The van der Waals surface area contributed by atoms with Crippen LogP contribution in [-0.2, 0) is 11.2 Å². The molecule has 1 atom stereocenters. The normalized spacial score (nSPS) is 16.3. The number of carbonyl (C=O) groups is 1. The van der Waals surface area contributed by atoms with Gasteiger partial charge in [0, 0.05) is 6.54 Å². The van der Waals surface area contributed by atoms with Crippen LogP contribution in [0.5, 0.6) is 17.2 Å². The molecule has 5 nitrogen and oxygen atoms in total. The van der Waals surface area contributed by atoms with Crippen molar-refractivity contribution in [3.63, 3.8) is 0 Å². The van der Waals surface area contributed by atoms with E-state index in [2.05, 4.69) is 0 Å². The number of carbonyl (C=O) groups excluding carboxylic acids is 1. The number of rotatable bonds is 6. The van der Waals surface area contributed by atoms with Gasteiger partial charge in [-0.2, -0.15) is 0 Å². The summed E-state index contributed by atoms with van der Waals surface area (Å²) >= 11 is 0. The zero-order valence-corrected chi connectivity index (χ0v) is 15.8. The van der Waals surface area contributed by atoms with Gasteiger partial charge < -0.3 is 19.1 Å². The summed E-state index contributed by atoms with van der Waals surface area (Å²) < 4.78 is 29.3. The van der Waals surface area contributed by atoms with Crippen LogP contribution in [0.2, 0.25) is 0 Å². The molecule has 0 spiro atoms. The highest BCUT2D eigenvalue weighted by molar-refractivity contribution is 5.80. The number of methoxy groups -OCH3 is 3. The van der Waals surface area contributed by atoms with Crippen LogP contribution in [0.4, 0.5) is 4.39 Å². The molecule has 0 N–H and O–H groups in total. The summed E-state index contributed by atoms with van der Waals surface area (Å²) in [5.41, 5.74) is 1.76. The number of halogens is 1. The average molecular weight is 373 g/mol. The third kappa shape index (κ3) is 3.99. The minimum Gasteiger partial charge on any atom is -0.493 e. The zero-order valence-electron chi connectivity index (χ0n) is 15.8. The SMILES string of the molecule is COc1cc(CC(=O)N2CCC[C@H]2c2ccc(F)cc2)cc(OC)c1OC. The Morgan fingerprint density at radius 1 is 1.07 bits per heavy atom. The summed E-state index contributed by atoms with van der Waals surface area (Å²) in [5.74, 6) is 1.30. The molecule has 1 saturated heterocycles. The number of hydrogen-bond donors (Lipinski definition) is 0. The molecule has 0 unspecified atom stereocenters. The molecule has 2 aromatic rings. The first-order valence-corrected chi connectivity index (χ1v) is 8.91. The van der Waals surface area contributed by atoms with Gasteiger partial charge in [0.1, 0.15) is 5.82 Å². The van der Waals surface area contributed by atoms with E-state index >= 15 is 0 Å². The molecule has 0 bridgehead atoms. The Hall–Kier alpha value is -2.76. The van der Waals surface area contributed by atoms with Crippen LogP contribution in [-0.4, -0.2) is 38.7 Å². The molecule has 1 heterocycles. The number of amides is 1. The van der Waals surface area contributed by atoms with Crippen molar-refractivity contribution >= 4 is 5.91 Å². The lowest BCUT2D eigenvalue weighted by Gasteiger charge is -2.25. The second-order valence-corrected chi connectivity index (χ2v) is 6.51. The summed E-state index contributed by atoms with van der Waals surface area (Å²) in [4.78, 5) is 14.8. The minimum absolute atomic E-state index is 0.0138. The van der Waals surface area contributed by atoms with Crippen molar-refractivity contribution in [3.05, 3.63) is 53.3 Å². The van der Waals surface area contributed by atoms with E-state index in [4.69, 9.17) is 14.2 Å². The second kappa shape index (κ2) is 8.29. The van der Waals surface area contributed by atoms with Crippen LogP contribution in [0.1, 0.15) is 30.0 Å². The maximum absolute atomic E-state index is 13.2. The third-order valence-electron chi connectivity index (χ3n) is 4.91. The molecule has 144 valence electrons. The second-order valence-electron chi connectivity index (χ2n) is 6.51. The highest BCUT2D eigenvalue weighted by Gasteiger charge is 2.30. The smallest absolute Gasteiger partial charge is 0.227 e. The molecule has 0 aliphatic carbocycles. The molecule has 3 rings (SSSR count). The largest absolute Gasteiger partial charge is 0.493 e. The molecule has 1 aliphatic heterocycles. The Kier molecular flexibility index (Phi) is 5.84. The number of ether oxygens (including phenoxy) is 3. The van der Waals surface area contributed by atoms with E-state index in [1.54, 1.807) is 45.6 Å². The van der Waals surface area contributed by atoms with Crippen LogP contribution >= 0.6 is 0 Å². The Morgan fingerprint density at radius 3 is 2.26 bits per heavy atom. The Morgan fingerprint density at radius 2 is 1.70 bits per heavy atom. The monoisotopic (exact) mass is 373 g/mol. The molecule has 1 aliphatic rings. The Labute approximate surface area is 158 Å².